The molecule has 0 aliphatic heterocycles. The van der Waals surface area contributed by atoms with Crippen molar-refractivity contribution >= 4 is 11.6 Å². The molecule has 0 bridgehead atoms. The van der Waals surface area contributed by atoms with E-state index in [2.05, 4.69) is 5.32 Å². The van der Waals surface area contributed by atoms with Crippen molar-refractivity contribution in [1.82, 2.24) is 0 Å². The van der Waals surface area contributed by atoms with Crippen molar-refractivity contribution in [2.45, 2.75) is 39.8 Å². The molecular weight excluding hydrogens is 216 g/mol. The molecule has 0 saturated carbocycles. The predicted octanol–water partition coefficient (Wildman–Crippen LogP) is 2.07. The Balaban J connectivity index is 2.78. The number of carbonyl (C=O) groups excluding carboxylic acids is 1. The zero-order valence-corrected chi connectivity index (χ0v) is 10.8. The van der Waals surface area contributed by atoms with Gasteiger partial charge in [0.25, 0.3) is 0 Å². The number of amides is 1. The lowest BCUT2D eigenvalue weighted by atomic mass is 10.2. The number of nitrogens with one attached hydrogen (secondary N) is 1. The first-order valence-electron chi connectivity index (χ1n) is 5.74. The van der Waals surface area contributed by atoms with Crippen LogP contribution in [-0.4, -0.2) is 18.1 Å². The SMILES string of the molecule is Cc1cc(NC(=O)[C@H](C)N)ccc1OC(C)C. The Labute approximate surface area is 102 Å². The number of anilines is 1. The fraction of sp³-hybridized carbons (Fsp3) is 0.462. The van der Waals surface area contributed by atoms with E-state index in [0.717, 1.165) is 17.0 Å². The molecule has 1 aromatic rings. The van der Waals surface area contributed by atoms with Crippen LogP contribution in [-0.2, 0) is 4.79 Å². The van der Waals surface area contributed by atoms with E-state index in [0.29, 0.717) is 0 Å². The molecule has 0 radical (unpaired) electrons. The van der Waals surface area contributed by atoms with Crippen molar-refractivity contribution in [3.63, 3.8) is 0 Å². The van der Waals surface area contributed by atoms with E-state index >= 15 is 0 Å². The van der Waals surface area contributed by atoms with E-state index < -0.39 is 6.04 Å². The van der Waals surface area contributed by atoms with Crippen LogP contribution in [0.2, 0.25) is 0 Å². The Kier molecular flexibility index (Phi) is 4.52. The number of rotatable bonds is 4. The smallest absolute Gasteiger partial charge is 0.240 e. The van der Waals surface area contributed by atoms with Crippen LogP contribution in [0.4, 0.5) is 5.69 Å². The van der Waals surface area contributed by atoms with Crippen LogP contribution >= 0.6 is 0 Å². The minimum atomic E-state index is -0.512. The first-order chi connectivity index (χ1) is 7.90. The highest BCUT2D eigenvalue weighted by Crippen LogP contribution is 2.22. The van der Waals surface area contributed by atoms with Crippen molar-refractivity contribution in [3.8, 4) is 5.75 Å². The van der Waals surface area contributed by atoms with Crippen LogP contribution in [0, 0.1) is 6.92 Å². The number of hydrogen-bond donors (Lipinski definition) is 2. The third-order valence-corrected chi connectivity index (χ3v) is 2.22. The molecule has 94 valence electrons. The third kappa shape index (κ3) is 4.07. The zero-order chi connectivity index (χ0) is 13.0. The van der Waals surface area contributed by atoms with Crippen molar-refractivity contribution in [2.75, 3.05) is 5.32 Å². The Bertz CT molecular complexity index is 400. The second kappa shape index (κ2) is 5.68. The number of carbonyl (C=O) groups is 1. The molecule has 4 heteroatoms. The van der Waals surface area contributed by atoms with Crippen LogP contribution in [0.1, 0.15) is 26.3 Å². The number of benzene rings is 1. The van der Waals surface area contributed by atoms with Gasteiger partial charge >= 0.3 is 0 Å². The monoisotopic (exact) mass is 236 g/mol. The van der Waals surface area contributed by atoms with E-state index in [1.807, 2.05) is 39.0 Å². The molecule has 0 aromatic heterocycles. The van der Waals surface area contributed by atoms with Gasteiger partial charge in [-0.15, -0.1) is 0 Å². The van der Waals surface area contributed by atoms with Crippen LogP contribution in [0.3, 0.4) is 0 Å². The largest absolute Gasteiger partial charge is 0.491 e. The van der Waals surface area contributed by atoms with Gasteiger partial charge in [0.15, 0.2) is 0 Å². The first-order valence-corrected chi connectivity index (χ1v) is 5.74. The lowest BCUT2D eigenvalue weighted by Gasteiger charge is -2.14. The van der Waals surface area contributed by atoms with Gasteiger partial charge in [-0.1, -0.05) is 0 Å². The van der Waals surface area contributed by atoms with Crippen LogP contribution in [0.5, 0.6) is 5.75 Å². The third-order valence-electron chi connectivity index (χ3n) is 2.22. The normalized spacial score (nSPS) is 12.4. The van der Waals surface area contributed by atoms with E-state index in [9.17, 15) is 4.79 Å². The summed E-state index contributed by atoms with van der Waals surface area (Å²) in [5, 5.41) is 2.74. The molecule has 0 fully saturated rings. The van der Waals surface area contributed by atoms with Crippen molar-refractivity contribution in [2.24, 2.45) is 5.73 Å². The second-order valence-electron chi connectivity index (χ2n) is 4.42. The van der Waals surface area contributed by atoms with Gasteiger partial charge in [-0.25, -0.2) is 0 Å². The number of ether oxygens (including phenoxy) is 1. The molecule has 0 aliphatic rings. The molecule has 0 heterocycles. The molecule has 0 unspecified atom stereocenters. The highest BCUT2D eigenvalue weighted by molar-refractivity contribution is 5.94. The highest BCUT2D eigenvalue weighted by Gasteiger charge is 2.09. The van der Waals surface area contributed by atoms with Crippen LogP contribution in [0.25, 0.3) is 0 Å². The molecule has 1 rings (SSSR count). The van der Waals surface area contributed by atoms with Gasteiger partial charge < -0.3 is 15.8 Å². The summed E-state index contributed by atoms with van der Waals surface area (Å²) in [6.07, 6.45) is 0.137. The van der Waals surface area contributed by atoms with Gasteiger partial charge in [0, 0.05) is 5.69 Å². The Morgan fingerprint density at radius 3 is 2.47 bits per heavy atom. The lowest BCUT2D eigenvalue weighted by molar-refractivity contribution is -0.117. The van der Waals surface area contributed by atoms with Crippen molar-refractivity contribution in [3.05, 3.63) is 23.8 Å². The summed E-state index contributed by atoms with van der Waals surface area (Å²) in [5.41, 5.74) is 7.21. The maximum atomic E-state index is 11.4. The Morgan fingerprint density at radius 2 is 2.00 bits per heavy atom. The summed E-state index contributed by atoms with van der Waals surface area (Å²) in [6, 6.07) is 5.02. The van der Waals surface area contributed by atoms with Crippen LogP contribution < -0.4 is 15.8 Å². The van der Waals surface area contributed by atoms with E-state index in [1.165, 1.54) is 0 Å². The zero-order valence-electron chi connectivity index (χ0n) is 10.8. The summed E-state index contributed by atoms with van der Waals surface area (Å²) < 4.78 is 5.61. The van der Waals surface area contributed by atoms with Gasteiger partial charge in [0.1, 0.15) is 5.75 Å². The first kappa shape index (κ1) is 13.5. The van der Waals surface area contributed by atoms with E-state index in [4.69, 9.17) is 10.5 Å². The standard InChI is InChI=1S/C13H20N2O2/c1-8(2)17-12-6-5-11(7-9(12)3)15-13(16)10(4)14/h5-8,10H,14H2,1-4H3,(H,15,16)/t10-/m0/s1. The summed E-state index contributed by atoms with van der Waals surface area (Å²) in [6.45, 7) is 7.55. The summed E-state index contributed by atoms with van der Waals surface area (Å²) in [5.74, 6) is 0.640. The molecule has 0 saturated heterocycles. The quantitative estimate of drug-likeness (QED) is 0.841. The van der Waals surface area contributed by atoms with Gasteiger partial charge in [-0.2, -0.15) is 0 Å². The molecule has 4 nitrogen and oxygen atoms in total. The van der Waals surface area contributed by atoms with Gasteiger partial charge in [0.05, 0.1) is 12.1 Å². The van der Waals surface area contributed by atoms with Crippen molar-refractivity contribution < 1.29 is 9.53 Å². The molecule has 17 heavy (non-hydrogen) atoms. The molecule has 1 aromatic carbocycles. The maximum absolute atomic E-state index is 11.4. The van der Waals surface area contributed by atoms with Crippen LogP contribution in [0.15, 0.2) is 18.2 Å². The average molecular weight is 236 g/mol. The maximum Gasteiger partial charge on any atom is 0.240 e. The topological polar surface area (TPSA) is 64.4 Å². The number of nitrogens with two attached hydrogens (primary N) is 1. The summed E-state index contributed by atoms with van der Waals surface area (Å²) in [7, 11) is 0. The minimum absolute atomic E-state index is 0.137. The summed E-state index contributed by atoms with van der Waals surface area (Å²) in [4.78, 5) is 11.4. The molecule has 3 N–H and O–H groups in total. The Hall–Kier alpha value is -1.55. The van der Waals surface area contributed by atoms with Gasteiger partial charge in [-0.05, 0) is 51.5 Å². The van der Waals surface area contributed by atoms with E-state index in [1.54, 1.807) is 6.92 Å². The number of aryl methyl sites for hydroxylation is 1. The molecule has 0 aliphatic carbocycles. The predicted molar refractivity (Wildman–Crippen MR) is 69.2 cm³/mol. The number of hydrogen-bond acceptors (Lipinski definition) is 3. The van der Waals surface area contributed by atoms with Gasteiger partial charge in [-0.3, -0.25) is 4.79 Å². The minimum Gasteiger partial charge on any atom is -0.491 e. The molecule has 0 spiro atoms. The molecule has 1 atom stereocenters. The van der Waals surface area contributed by atoms with Crippen molar-refractivity contribution in [1.29, 1.82) is 0 Å². The average Bonchev–Trinajstić information content (AvgIpc) is 2.21. The molecule has 1 amide bonds. The molecular formula is C13H20N2O2. The lowest BCUT2D eigenvalue weighted by Crippen LogP contribution is -2.32. The highest BCUT2D eigenvalue weighted by atomic mass is 16.5. The fourth-order valence-corrected chi connectivity index (χ4v) is 1.37. The van der Waals surface area contributed by atoms with Gasteiger partial charge in [0.2, 0.25) is 5.91 Å². The second-order valence-corrected chi connectivity index (χ2v) is 4.42. The fourth-order valence-electron chi connectivity index (χ4n) is 1.37. The Morgan fingerprint density at radius 1 is 1.35 bits per heavy atom. The van der Waals surface area contributed by atoms with E-state index in [-0.39, 0.29) is 12.0 Å². The summed E-state index contributed by atoms with van der Waals surface area (Å²) >= 11 is 0.